The molecule has 11 heteroatoms. The number of piperazine rings is 1. The van der Waals surface area contributed by atoms with E-state index in [1.54, 1.807) is 19.1 Å². The highest BCUT2D eigenvalue weighted by molar-refractivity contribution is 5.94. The number of nitro groups is 1. The molecule has 1 fully saturated rings. The molecule has 0 aliphatic carbocycles. The standard InChI is InChI=1S/C21H21FN6O4/c1-13(20(29)25-15-4-2-3-14(22)9-15)26-5-7-27(8-6-26)18-11-17-16(10-19(18)28(31)32)21(30)24-12-23-17/h2-4,9-13H,5-8H2,1H3,(H,25,29)(H,23,24,30). The number of aromatic amines is 1. The predicted octanol–water partition coefficient (Wildman–Crippen LogP) is 2.12. The molecule has 0 bridgehead atoms. The summed E-state index contributed by atoms with van der Waals surface area (Å²) in [4.78, 5) is 46.0. The van der Waals surface area contributed by atoms with Crippen LogP contribution in [-0.2, 0) is 4.79 Å². The van der Waals surface area contributed by atoms with Crippen LogP contribution in [0.4, 0.5) is 21.5 Å². The summed E-state index contributed by atoms with van der Waals surface area (Å²) in [5, 5.41) is 14.5. The number of amides is 1. The molecule has 1 unspecified atom stereocenters. The molecule has 32 heavy (non-hydrogen) atoms. The quantitative estimate of drug-likeness (QED) is 0.460. The number of fused-ring (bicyclic) bond motifs is 1. The van der Waals surface area contributed by atoms with Crippen molar-refractivity contribution in [3.8, 4) is 0 Å². The van der Waals surface area contributed by atoms with Gasteiger partial charge in [-0.15, -0.1) is 0 Å². The van der Waals surface area contributed by atoms with E-state index < -0.39 is 22.3 Å². The lowest BCUT2D eigenvalue weighted by Gasteiger charge is -2.38. The molecule has 0 saturated carbocycles. The Morgan fingerprint density at radius 2 is 2.00 bits per heavy atom. The summed E-state index contributed by atoms with van der Waals surface area (Å²) in [5.74, 6) is -0.693. The topological polar surface area (TPSA) is 124 Å². The van der Waals surface area contributed by atoms with Crippen molar-refractivity contribution in [2.24, 2.45) is 0 Å². The van der Waals surface area contributed by atoms with E-state index in [2.05, 4.69) is 15.3 Å². The molecule has 2 aromatic carbocycles. The number of anilines is 2. The largest absolute Gasteiger partial charge is 0.363 e. The zero-order chi connectivity index (χ0) is 22.8. The number of benzene rings is 2. The molecule has 1 atom stereocenters. The van der Waals surface area contributed by atoms with Crippen LogP contribution in [0, 0.1) is 15.9 Å². The number of carbonyl (C=O) groups is 1. The molecular weight excluding hydrogens is 419 g/mol. The first-order valence-corrected chi connectivity index (χ1v) is 10.0. The normalized spacial score (nSPS) is 15.5. The van der Waals surface area contributed by atoms with Gasteiger partial charge in [0, 0.05) is 37.9 Å². The molecule has 1 aliphatic rings. The summed E-state index contributed by atoms with van der Waals surface area (Å²) in [6.07, 6.45) is 1.26. The van der Waals surface area contributed by atoms with Crippen molar-refractivity contribution in [3.05, 3.63) is 69.0 Å². The summed E-state index contributed by atoms with van der Waals surface area (Å²) in [7, 11) is 0. The first kappa shape index (κ1) is 21.4. The second-order valence-electron chi connectivity index (χ2n) is 7.55. The van der Waals surface area contributed by atoms with Gasteiger partial charge in [-0.1, -0.05) is 6.07 Å². The van der Waals surface area contributed by atoms with E-state index in [9.17, 15) is 24.1 Å². The van der Waals surface area contributed by atoms with Crippen molar-refractivity contribution in [2.45, 2.75) is 13.0 Å². The lowest BCUT2D eigenvalue weighted by molar-refractivity contribution is -0.384. The number of H-pyrrole nitrogens is 1. The first-order chi connectivity index (χ1) is 15.3. The third-order valence-corrected chi connectivity index (χ3v) is 5.61. The van der Waals surface area contributed by atoms with Gasteiger partial charge in [0.1, 0.15) is 11.5 Å². The summed E-state index contributed by atoms with van der Waals surface area (Å²) in [6.45, 7) is 3.66. The Bertz CT molecular complexity index is 1240. The zero-order valence-corrected chi connectivity index (χ0v) is 17.2. The number of aromatic nitrogens is 2. The number of hydrogen-bond donors (Lipinski definition) is 2. The molecule has 166 valence electrons. The molecule has 1 aromatic heterocycles. The Hall–Kier alpha value is -3.86. The van der Waals surface area contributed by atoms with Crippen LogP contribution in [0.25, 0.3) is 10.9 Å². The fourth-order valence-corrected chi connectivity index (χ4v) is 3.82. The Morgan fingerprint density at radius 1 is 1.25 bits per heavy atom. The molecular formula is C21H21FN6O4. The van der Waals surface area contributed by atoms with Crippen LogP contribution in [0.1, 0.15) is 6.92 Å². The first-order valence-electron chi connectivity index (χ1n) is 10.0. The van der Waals surface area contributed by atoms with E-state index in [1.165, 1.54) is 30.6 Å². The van der Waals surface area contributed by atoms with Gasteiger partial charge >= 0.3 is 0 Å². The number of carbonyl (C=O) groups excluding carboxylic acids is 1. The molecule has 0 spiro atoms. The maximum atomic E-state index is 13.3. The van der Waals surface area contributed by atoms with Gasteiger partial charge in [-0.25, -0.2) is 9.37 Å². The molecule has 1 aliphatic heterocycles. The Kier molecular flexibility index (Phi) is 5.82. The minimum absolute atomic E-state index is 0.157. The van der Waals surface area contributed by atoms with Gasteiger partial charge in [0.15, 0.2) is 0 Å². The van der Waals surface area contributed by atoms with E-state index in [4.69, 9.17) is 0 Å². The molecule has 3 aromatic rings. The average molecular weight is 440 g/mol. The number of halogens is 1. The number of rotatable bonds is 5. The number of nitro benzene ring substituents is 1. The second kappa shape index (κ2) is 8.71. The van der Waals surface area contributed by atoms with E-state index in [1.807, 2.05) is 9.80 Å². The van der Waals surface area contributed by atoms with Gasteiger partial charge in [-0.3, -0.25) is 24.6 Å². The maximum absolute atomic E-state index is 13.3. The smallest absolute Gasteiger partial charge is 0.293 e. The fourth-order valence-electron chi connectivity index (χ4n) is 3.82. The minimum atomic E-state index is -0.511. The van der Waals surface area contributed by atoms with Crippen molar-refractivity contribution in [1.82, 2.24) is 14.9 Å². The highest BCUT2D eigenvalue weighted by atomic mass is 19.1. The van der Waals surface area contributed by atoms with Crippen LogP contribution in [-0.4, -0.2) is 57.9 Å². The third kappa shape index (κ3) is 4.28. The Balaban J connectivity index is 1.48. The Labute approximate surface area is 181 Å². The molecule has 1 saturated heterocycles. The monoisotopic (exact) mass is 440 g/mol. The van der Waals surface area contributed by atoms with Crippen LogP contribution in [0.3, 0.4) is 0 Å². The summed E-state index contributed by atoms with van der Waals surface area (Å²) < 4.78 is 13.3. The van der Waals surface area contributed by atoms with Gasteiger partial charge in [0.2, 0.25) is 5.91 Å². The lowest BCUT2D eigenvalue weighted by atomic mass is 10.1. The zero-order valence-electron chi connectivity index (χ0n) is 17.2. The predicted molar refractivity (Wildman–Crippen MR) is 117 cm³/mol. The van der Waals surface area contributed by atoms with Gasteiger partial charge < -0.3 is 15.2 Å². The van der Waals surface area contributed by atoms with E-state index >= 15 is 0 Å². The van der Waals surface area contributed by atoms with Crippen molar-refractivity contribution < 1.29 is 14.1 Å². The van der Waals surface area contributed by atoms with E-state index in [0.29, 0.717) is 43.1 Å². The summed E-state index contributed by atoms with van der Waals surface area (Å²) in [5.41, 5.74) is 0.542. The van der Waals surface area contributed by atoms with Crippen molar-refractivity contribution in [1.29, 1.82) is 0 Å². The number of nitrogens with zero attached hydrogens (tertiary/aromatic N) is 4. The minimum Gasteiger partial charge on any atom is -0.363 e. The van der Waals surface area contributed by atoms with Crippen LogP contribution < -0.4 is 15.8 Å². The molecule has 10 nitrogen and oxygen atoms in total. The molecule has 4 rings (SSSR count). The molecule has 2 N–H and O–H groups in total. The Morgan fingerprint density at radius 3 is 2.69 bits per heavy atom. The number of nitrogens with one attached hydrogen (secondary N) is 2. The maximum Gasteiger partial charge on any atom is 0.293 e. The van der Waals surface area contributed by atoms with E-state index in [0.717, 1.165) is 0 Å². The van der Waals surface area contributed by atoms with E-state index in [-0.39, 0.29) is 17.0 Å². The van der Waals surface area contributed by atoms with Crippen molar-refractivity contribution in [3.63, 3.8) is 0 Å². The third-order valence-electron chi connectivity index (χ3n) is 5.61. The van der Waals surface area contributed by atoms with Crippen LogP contribution in [0.2, 0.25) is 0 Å². The van der Waals surface area contributed by atoms with Crippen molar-refractivity contribution >= 4 is 33.9 Å². The SMILES string of the molecule is CC(C(=O)Nc1cccc(F)c1)N1CCN(c2cc3nc[nH]c(=O)c3cc2[N+](=O)[O-])CC1. The molecule has 0 radical (unpaired) electrons. The highest BCUT2D eigenvalue weighted by Gasteiger charge is 2.29. The summed E-state index contributed by atoms with van der Waals surface area (Å²) in [6, 6.07) is 8.02. The van der Waals surface area contributed by atoms with Crippen LogP contribution >= 0.6 is 0 Å². The number of hydrogen-bond acceptors (Lipinski definition) is 7. The average Bonchev–Trinajstić information content (AvgIpc) is 2.78. The van der Waals surface area contributed by atoms with Gasteiger partial charge in [0.25, 0.3) is 11.2 Å². The summed E-state index contributed by atoms with van der Waals surface area (Å²) >= 11 is 0. The fraction of sp³-hybridized carbons (Fsp3) is 0.286. The van der Waals surface area contributed by atoms with Gasteiger partial charge in [-0.05, 0) is 31.2 Å². The van der Waals surface area contributed by atoms with Gasteiger partial charge in [-0.2, -0.15) is 0 Å². The van der Waals surface area contributed by atoms with Crippen LogP contribution in [0.15, 0.2) is 47.5 Å². The second-order valence-corrected chi connectivity index (χ2v) is 7.55. The van der Waals surface area contributed by atoms with Crippen LogP contribution in [0.5, 0.6) is 0 Å². The lowest BCUT2D eigenvalue weighted by Crippen LogP contribution is -2.53. The van der Waals surface area contributed by atoms with Crippen molar-refractivity contribution in [2.75, 3.05) is 36.4 Å². The highest BCUT2D eigenvalue weighted by Crippen LogP contribution is 2.32. The van der Waals surface area contributed by atoms with Gasteiger partial charge in [0.05, 0.1) is 28.2 Å². The molecule has 1 amide bonds. The molecule has 2 heterocycles.